The molecule has 0 saturated carbocycles. The molecule has 1 atom stereocenters. The van der Waals surface area contributed by atoms with Crippen molar-refractivity contribution >= 4 is 28.9 Å². The van der Waals surface area contributed by atoms with Crippen molar-refractivity contribution in [3.05, 3.63) is 53.2 Å². The molecular formula is C20H23N4O4S+. The molecule has 3 rings (SSSR count). The van der Waals surface area contributed by atoms with E-state index in [2.05, 4.69) is 22.4 Å². The molecule has 2 N–H and O–H groups in total. The third kappa shape index (κ3) is 5.49. The fourth-order valence-electron chi connectivity index (χ4n) is 2.93. The molecule has 9 heteroatoms. The van der Waals surface area contributed by atoms with Crippen LogP contribution in [0.3, 0.4) is 0 Å². The van der Waals surface area contributed by atoms with Crippen LogP contribution in [0, 0.1) is 0 Å². The van der Waals surface area contributed by atoms with E-state index in [0.29, 0.717) is 29.6 Å². The molecule has 152 valence electrons. The number of para-hydroxylation sites is 1. The van der Waals surface area contributed by atoms with Gasteiger partial charge in [0.05, 0.1) is 29.8 Å². The number of carbonyl (C=O) groups is 2. The number of rotatable bonds is 9. The largest absolute Gasteiger partial charge is 0.465 e. The summed E-state index contributed by atoms with van der Waals surface area (Å²) in [7, 11) is 1.31. The second-order valence-corrected chi connectivity index (χ2v) is 7.36. The van der Waals surface area contributed by atoms with Crippen molar-refractivity contribution in [3.63, 3.8) is 0 Å². The maximum atomic E-state index is 12.6. The van der Waals surface area contributed by atoms with Crippen LogP contribution in [0.5, 0.6) is 0 Å². The highest BCUT2D eigenvalue weighted by Crippen LogP contribution is 2.22. The van der Waals surface area contributed by atoms with Gasteiger partial charge in [-0.3, -0.25) is 4.79 Å². The zero-order valence-electron chi connectivity index (χ0n) is 16.3. The highest BCUT2D eigenvalue weighted by molar-refractivity contribution is 7.13. The normalized spacial score (nSPS) is 11.8. The number of esters is 1. The van der Waals surface area contributed by atoms with Crippen molar-refractivity contribution in [3.8, 4) is 10.8 Å². The van der Waals surface area contributed by atoms with Gasteiger partial charge in [0.15, 0.2) is 13.1 Å². The molecule has 3 aromatic rings. The van der Waals surface area contributed by atoms with Crippen molar-refractivity contribution in [2.45, 2.75) is 19.9 Å². The number of carbonyl (C=O) groups excluding carboxylic acids is 2. The van der Waals surface area contributed by atoms with Crippen LogP contribution < -0.4 is 10.2 Å². The van der Waals surface area contributed by atoms with Gasteiger partial charge >= 0.3 is 5.97 Å². The zero-order valence-corrected chi connectivity index (χ0v) is 17.1. The zero-order chi connectivity index (χ0) is 20.6. The molecule has 2 heterocycles. The molecular weight excluding hydrogens is 392 g/mol. The number of ether oxygens (including phenoxy) is 1. The van der Waals surface area contributed by atoms with E-state index in [1.807, 2.05) is 17.5 Å². The Kier molecular flexibility index (Phi) is 7.09. The van der Waals surface area contributed by atoms with Crippen LogP contribution in [0.25, 0.3) is 10.8 Å². The lowest BCUT2D eigenvalue weighted by Crippen LogP contribution is -3.11. The van der Waals surface area contributed by atoms with Crippen molar-refractivity contribution < 1.29 is 23.6 Å². The Hall–Kier alpha value is -3.04. The van der Waals surface area contributed by atoms with Crippen LogP contribution in [0.2, 0.25) is 0 Å². The summed E-state index contributed by atoms with van der Waals surface area (Å²) in [6.07, 6.45) is 0.896. The van der Waals surface area contributed by atoms with E-state index in [1.165, 1.54) is 18.4 Å². The van der Waals surface area contributed by atoms with Gasteiger partial charge in [-0.15, -0.1) is 21.5 Å². The molecule has 0 saturated heterocycles. The number of thiophene rings is 1. The van der Waals surface area contributed by atoms with Gasteiger partial charge < -0.3 is 19.4 Å². The van der Waals surface area contributed by atoms with Crippen molar-refractivity contribution in [2.24, 2.45) is 0 Å². The first-order valence-electron chi connectivity index (χ1n) is 9.27. The summed E-state index contributed by atoms with van der Waals surface area (Å²) in [4.78, 5) is 26.4. The summed E-state index contributed by atoms with van der Waals surface area (Å²) in [5, 5.41) is 12.9. The summed E-state index contributed by atoms with van der Waals surface area (Å²) >= 11 is 1.53. The SMILES string of the molecule is CCC[NH+](CC(=O)Nc1ccccc1C(=O)OC)Cc1nnc(-c2cccs2)o1. The standard InChI is InChI=1S/C20H22N4O4S/c1-3-10-24(13-18-22-23-19(28-18)16-9-6-11-29-16)12-17(25)21-15-8-5-4-7-14(15)20(26)27-2/h4-9,11H,3,10,12-13H2,1-2H3,(H,21,25)/p+1. The van der Waals surface area contributed by atoms with E-state index in [0.717, 1.165) is 22.7 Å². The third-order valence-corrected chi connectivity index (χ3v) is 5.08. The number of quaternary nitrogens is 1. The van der Waals surface area contributed by atoms with Gasteiger partial charge in [0.1, 0.15) is 0 Å². The first kappa shape index (κ1) is 20.7. The Bertz CT molecular complexity index is 955. The molecule has 1 aromatic carbocycles. The molecule has 0 radical (unpaired) electrons. The van der Waals surface area contributed by atoms with Gasteiger partial charge in [0, 0.05) is 0 Å². The van der Waals surface area contributed by atoms with Gasteiger partial charge in [0.2, 0.25) is 0 Å². The second-order valence-electron chi connectivity index (χ2n) is 6.42. The van der Waals surface area contributed by atoms with Crippen molar-refractivity contribution in [2.75, 3.05) is 25.5 Å². The first-order valence-corrected chi connectivity index (χ1v) is 10.2. The maximum Gasteiger partial charge on any atom is 0.339 e. The van der Waals surface area contributed by atoms with Crippen molar-refractivity contribution in [1.82, 2.24) is 10.2 Å². The Balaban J connectivity index is 1.65. The number of aromatic nitrogens is 2. The van der Waals surface area contributed by atoms with Crippen LogP contribution in [0.1, 0.15) is 29.6 Å². The highest BCUT2D eigenvalue weighted by Gasteiger charge is 2.20. The van der Waals surface area contributed by atoms with Crippen LogP contribution >= 0.6 is 11.3 Å². The number of nitrogens with zero attached hydrogens (tertiary/aromatic N) is 2. The van der Waals surface area contributed by atoms with Gasteiger partial charge in [-0.25, -0.2) is 4.79 Å². The number of methoxy groups -OCH3 is 1. The molecule has 8 nitrogen and oxygen atoms in total. The number of anilines is 1. The number of hydrogen-bond acceptors (Lipinski definition) is 7. The first-order chi connectivity index (χ1) is 14.1. The van der Waals surface area contributed by atoms with Crippen LogP contribution in [-0.4, -0.2) is 42.3 Å². The van der Waals surface area contributed by atoms with Gasteiger partial charge in [-0.05, 0) is 30.0 Å². The second kappa shape index (κ2) is 9.94. The lowest BCUT2D eigenvalue weighted by molar-refractivity contribution is -0.907. The number of nitrogens with one attached hydrogen (secondary N) is 2. The molecule has 2 aromatic heterocycles. The van der Waals surface area contributed by atoms with Gasteiger partial charge in [-0.1, -0.05) is 25.1 Å². The number of hydrogen-bond donors (Lipinski definition) is 2. The fourth-order valence-corrected chi connectivity index (χ4v) is 3.58. The molecule has 0 spiro atoms. The highest BCUT2D eigenvalue weighted by atomic mass is 32.1. The minimum atomic E-state index is -0.495. The number of amides is 1. The molecule has 0 fully saturated rings. The lowest BCUT2D eigenvalue weighted by Gasteiger charge is -2.17. The molecule has 1 amide bonds. The molecule has 0 aliphatic carbocycles. The summed E-state index contributed by atoms with van der Waals surface area (Å²) in [6, 6.07) is 10.6. The Labute approximate surface area is 172 Å². The molecule has 29 heavy (non-hydrogen) atoms. The Morgan fingerprint density at radius 3 is 2.76 bits per heavy atom. The molecule has 0 bridgehead atoms. The van der Waals surface area contributed by atoms with E-state index < -0.39 is 5.97 Å². The Morgan fingerprint density at radius 1 is 1.21 bits per heavy atom. The Morgan fingerprint density at radius 2 is 2.03 bits per heavy atom. The fraction of sp³-hybridized carbons (Fsp3) is 0.300. The summed E-state index contributed by atoms with van der Waals surface area (Å²) in [5.74, 6) is 0.273. The monoisotopic (exact) mass is 415 g/mol. The van der Waals surface area contributed by atoms with E-state index >= 15 is 0 Å². The minimum Gasteiger partial charge on any atom is -0.465 e. The average molecular weight is 415 g/mol. The average Bonchev–Trinajstić information content (AvgIpc) is 3.39. The molecule has 0 aliphatic heterocycles. The number of benzene rings is 1. The van der Waals surface area contributed by atoms with Crippen LogP contribution in [-0.2, 0) is 16.1 Å². The van der Waals surface area contributed by atoms with Gasteiger partial charge in [0.25, 0.3) is 17.7 Å². The quantitative estimate of drug-likeness (QED) is 0.519. The topological polar surface area (TPSA) is 98.8 Å². The van der Waals surface area contributed by atoms with Gasteiger partial charge in [-0.2, -0.15) is 0 Å². The summed E-state index contributed by atoms with van der Waals surface area (Å²) in [5.41, 5.74) is 0.746. The molecule has 1 unspecified atom stereocenters. The summed E-state index contributed by atoms with van der Waals surface area (Å²) in [6.45, 7) is 3.47. The minimum absolute atomic E-state index is 0.206. The van der Waals surface area contributed by atoms with E-state index in [9.17, 15) is 9.59 Å². The lowest BCUT2D eigenvalue weighted by atomic mass is 10.2. The van der Waals surface area contributed by atoms with Crippen LogP contribution in [0.15, 0.2) is 46.2 Å². The third-order valence-electron chi connectivity index (χ3n) is 4.22. The summed E-state index contributed by atoms with van der Waals surface area (Å²) < 4.78 is 10.5. The van der Waals surface area contributed by atoms with E-state index in [-0.39, 0.29) is 12.5 Å². The maximum absolute atomic E-state index is 12.6. The van der Waals surface area contributed by atoms with E-state index in [4.69, 9.17) is 9.15 Å². The predicted molar refractivity (Wildman–Crippen MR) is 109 cm³/mol. The molecule has 0 aliphatic rings. The van der Waals surface area contributed by atoms with Crippen molar-refractivity contribution in [1.29, 1.82) is 0 Å². The predicted octanol–water partition coefficient (Wildman–Crippen LogP) is 2.02. The van der Waals surface area contributed by atoms with E-state index in [1.54, 1.807) is 24.3 Å². The smallest absolute Gasteiger partial charge is 0.339 e. The van der Waals surface area contributed by atoms with Crippen LogP contribution in [0.4, 0.5) is 5.69 Å².